The number of hydrogen-bond acceptors (Lipinski definition) is 8. The number of methoxy groups -OCH3 is 1. The third-order valence-electron chi connectivity index (χ3n) is 3.94. The number of aromatic nitrogens is 3. The second-order valence-corrected chi connectivity index (χ2v) is 6.65. The fourth-order valence-electron chi connectivity index (χ4n) is 2.85. The lowest BCUT2D eigenvalue weighted by atomic mass is 10.2. The van der Waals surface area contributed by atoms with Gasteiger partial charge in [-0.1, -0.05) is 17.3 Å². The molecule has 0 spiro atoms. The van der Waals surface area contributed by atoms with E-state index in [9.17, 15) is 4.91 Å². The van der Waals surface area contributed by atoms with Crippen LogP contribution < -0.4 is 5.32 Å². The Morgan fingerprint density at radius 2 is 2.36 bits per heavy atom. The smallest absolute Gasteiger partial charge is 0.243 e. The molecule has 1 unspecified atom stereocenters. The number of nitrogens with zero attached hydrogens (tertiary/aromatic N) is 5. The standard InChI is InChI=1S/C13H20N6O2S/c1-3-6-22-13-14-11-10(12(15-13)21-2)16-18-19(11)9-5-4-8(7-9)17-20/h8-9,13-14H,3-7H2,1-2H3/t8-,9+,13?/m1/s1. The molecule has 120 valence electrons. The fourth-order valence-corrected chi connectivity index (χ4v) is 3.68. The molecule has 9 heteroatoms. The van der Waals surface area contributed by atoms with Crippen molar-refractivity contribution in [3.8, 4) is 0 Å². The summed E-state index contributed by atoms with van der Waals surface area (Å²) in [5.41, 5.74) is 0.541. The number of nitrogens with one attached hydrogen (secondary N) is 1. The number of rotatable bonds is 5. The van der Waals surface area contributed by atoms with Gasteiger partial charge in [-0.3, -0.25) is 0 Å². The van der Waals surface area contributed by atoms with Gasteiger partial charge in [0.05, 0.1) is 19.2 Å². The molecule has 0 saturated heterocycles. The summed E-state index contributed by atoms with van der Waals surface area (Å²) in [6.07, 6.45) is 3.50. The van der Waals surface area contributed by atoms with Crippen LogP contribution >= 0.6 is 11.8 Å². The highest BCUT2D eigenvalue weighted by atomic mass is 32.2. The predicted octanol–water partition coefficient (Wildman–Crippen LogP) is 2.38. The Balaban J connectivity index is 1.84. The largest absolute Gasteiger partial charge is 0.479 e. The van der Waals surface area contributed by atoms with Gasteiger partial charge in [0.15, 0.2) is 17.0 Å². The molecular weight excluding hydrogens is 304 g/mol. The lowest BCUT2D eigenvalue weighted by Gasteiger charge is -2.23. The van der Waals surface area contributed by atoms with Crippen molar-refractivity contribution < 1.29 is 4.74 Å². The van der Waals surface area contributed by atoms with Crippen LogP contribution in [0.15, 0.2) is 10.2 Å². The van der Waals surface area contributed by atoms with Gasteiger partial charge in [0.2, 0.25) is 5.90 Å². The van der Waals surface area contributed by atoms with Crippen molar-refractivity contribution in [2.24, 2.45) is 10.2 Å². The third kappa shape index (κ3) is 2.81. The predicted molar refractivity (Wildman–Crippen MR) is 86.2 cm³/mol. The molecule has 1 aromatic rings. The van der Waals surface area contributed by atoms with Gasteiger partial charge in [0, 0.05) is 0 Å². The van der Waals surface area contributed by atoms with E-state index < -0.39 is 0 Å². The second-order valence-electron chi connectivity index (χ2n) is 5.46. The van der Waals surface area contributed by atoms with E-state index in [2.05, 4.69) is 32.7 Å². The van der Waals surface area contributed by atoms with E-state index in [1.807, 2.05) is 4.68 Å². The Kier molecular flexibility index (Phi) is 4.60. The minimum absolute atomic E-state index is 0.0963. The molecule has 1 aliphatic heterocycles. The highest BCUT2D eigenvalue weighted by molar-refractivity contribution is 7.99. The molecule has 0 aromatic carbocycles. The fraction of sp³-hybridized carbons (Fsp3) is 0.769. The summed E-state index contributed by atoms with van der Waals surface area (Å²) in [5.74, 6) is 2.35. The first-order valence-corrected chi connectivity index (χ1v) is 8.59. The normalized spacial score (nSPS) is 27.0. The number of hydrogen-bond donors (Lipinski definition) is 1. The highest BCUT2D eigenvalue weighted by Gasteiger charge is 2.33. The van der Waals surface area contributed by atoms with Crippen LogP contribution in [0.25, 0.3) is 0 Å². The number of fused-ring (bicyclic) bond motifs is 1. The quantitative estimate of drug-likeness (QED) is 0.836. The number of nitroso groups, excluding NO2 is 1. The lowest BCUT2D eigenvalue weighted by Crippen LogP contribution is -2.27. The van der Waals surface area contributed by atoms with Crippen molar-refractivity contribution in [3.63, 3.8) is 0 Å². The molecule has 1 fully saturated rings. The van der Waals surface area contributed by atoms with Crippen LogP contribution in [0.4, 0.5) is 5.82 Å². The molecule has 2 aliphatic rings. The number of thioether (sulfide) groups is 1. The highest BCUT2D eigenvalue weighted by Crippen LogP contribution is 2.36. The van der Waals surface area contributed by atoms with Crippen LogP contribution in [0, 0.1) is 4.91 Å². The van der Waals surface area contributed by atoms with Crippen LogP contribution in [0.2, 0.25) is 0 Å². The number of anilines is 1. The summed E-state index contributed by atoms with van der Waals surface area (Å²) in [4.78, 5) is 15.2. The summed E-state index contributed by atoms with van der Waals surface area (Å²) in [7, 11) is 1.59. The average molecular weight is 324 g/mol. The maximum absolute atomic E-state index is 10.7. The van der Waals surface area contributed by atoms with E-state index in [-0.39, 0.29) is 17.6 Å². The van der Waals surface area contributed by atoms with Gasteiger partial charge in [-0.05, 0) is 31.4 Å². The molecule has 1 N–H and O–H groups in total. The van der Waals surface area contributed by atoms with Crippen LogP contribution in [-0.2, 0) is 4.74 Å². The summed E-state index contributed by atoms with van der Waals surface area (Å²) < 4.78 is 7.23. The van der Waals surface area contributed by atoms with Crippen LogP contribution in [0.5, 0.6) is 0 Å². The van der Waals surface area contributed by atoms with Crippen LogP contribution in [0.1, 0.15) is 44.3 Å². The Morgan fingerprint density at radius 3 is 3.05 bits per heavy atom. The zero-order chi connectivity index (χ0) is 15.5. The topological polar surface area (TPSA) is 93.8 Å². The van der Waals surface area contributed by atoms with Crippen molar-refractivity contribution in [2.75, 3.05) is 18.2 Å². The van der Waals surface area contributed by atoms with E-state index in [0.717, 1.165) is 30.8 Å². The minimum Gasteiger partial charge on any atom is -0.479 e. The maximum Gasteiger partial charge on any atom is 0.243 e. The van der Waals surface area contributed by atoms with Gasteiger partial charge >= 0.3 is 0 Å². The van der Waals surface area contributed by atoms with Crippen LogP contribution in [0.3, 0.4) is 0 Å². The summed E-state index contributed by atoms with van der Waals surface area (Å²) in [5, 5.41) is 15.0. The lowest BCUT2D eigenvalue weighted by molar-refractivity contribution is 0.399. The molecule has 1 aliphatic carbocycles. The maximum atomic E-state index is 10.7. The van der Waals surface area contributed by atoms with E-state index >= 15 is 0 Å². The summed E-state index contributed by atoms with van der Waals surface area (Å²) in [6.45, 7) is 2.14. The first-order chi connectivity index (χ1) is 10.8. The Labute approximate surface area is 133 Å². The van der Waals surface area contributed by atoms with Gasteiger partial charge in [-0.15, -0.1) is 16.9 Å². The Hall–Kier alpha value is -1.64. The van der Waals surface area contributed by atoms with Gasteiger partial charge in [-0.2, -0.15) is 4.91 Å². The molecule has 3 atom stereocenters. The van der Waals surface area contributed by atoms with Crippen molar-refractivity contribution in [1.29, 1.82) is 0 Å². The molecule has 22 heavy (non-hydrogen) atoms. The summed E-state index contributed by atoms with van der Waals surface area (Å²) >= 11 is 1.72. The molecule has 1 saturated carbocycles. The molecule has 8 nitrogen and oxygen atoms in total. The molecule has 0 bridgehead atoms. The van der Waals surface area contributed by atoms with Crippen LogP contribution in [-0.4, -0.2) is 45.3 Å². The molecular formula is C13H20N6O2S. The van der Waals surface area contributed by atoms with E-state index in [4.69, 9.17) is 4.74 Å². The first kappa shape index (κ1) is 15.3. The molecule has 0 radical (unpaired) electrons. The SMILES string of the molecule is CCCSC1N=C(OC)c2nnn([C@H]3CC[C@@H](N=O)C3)c2N1. The molecule has 0 amide bonds. The van der Waals surface area contributed by atoms with Gasteiger partial charge in [-0.25, -0.2) is 9.67 Å². The Bertz CT molecular complexity index is 575. The monoisotopic (exact) mass is 324 g/mol. The zero-order valence-corrected chi connectivity index (χ0v) is 13.5. The number of aliphatic imine (C=N–C) groups is 1. The van der Waals surface area contributed by atoms with Crippen molar-refractivity contribution in [3.05, 3.63) is 10.6 Å². The van der Waals surface area contributed by atoms with Crippen molar-refractivity contribution in [2.45, 2.75) is 50.2 Å². The zero-order valence-electron chi connectivity index (χ0n) is 12.7. The van der Waals surface area contributed by atoms with Gasteiger partial charge in [0.1, 0.15) is 0 Å². The molecule has 1 aromatic heterocycles. The minimum atomic E-state index is -0.116. The van der Waals surface area contributed by atoms with Gasteiger partial charge in [0.25, 0.3) is 0 Å². The summed E-state index contributed by atoms with van der Waals surface area (Å²) in [6, 6.07) is 0.0359. The molecule has 3 rings (SSSR count). The second kappa shape index (κ2) is 6.64. The van der Waals surface area contributed by atoms with Crippen molar-refractivity contribution >= 4 is 23.5 Å². The van der Waals surface area contributed by atoms with E-state index in [1.165, 1.54) is 0 Å². The molecule has 2 heterocycles. The number of ether oxygens (including phenoxy) is 1. The van der Waals surface area contributed by atoms with Crippen molar-refractivity contribution in [1.82, 2.24) is 15.0 Å². The van der Waals surface area contributed by atoms with E-state index in [0.29, 0.717) is 18.0 Å². The first-order valence-electron chi connectivity index (χ1n) is 7.54. The average Bonchev–Trinajstić information content (AvgIpc) is 3.18. The van der Waals surface area contributed by atoms with E-state index in [1.54, 1.807) is 18.9 Å². The third-order valence-corrected chi connectivity index (χ3v) is 5.12. The Morgan fingerprint density at radius 1 is 1.50 bits per heavy atom. The van der Waals surface area contributed by atoms with Gasteiger partial charge < -0.3 is 10.1 Å².